The van der Waals surface area contributed by atoms with E-state index >= 15 is 0 Å². The summed E-state index contributed by atoms with van der Waals surface area (Å²) in [5.74, 6) is 0.588. The lowest BCUT2D eigenvalue weighted by molar-refractivity contribution is -0.161. The molecule has 2 aromatic heterocycles. The highest BCUT2D eigenvalue weighted by Crippen LogP contribution is 2.43. The number of nitrogens with zero attached hydrogens (tertiary/aromatic N) is 4. The van der Waals surface area contributed by atoms with Crippen LogP contribution in [0.25, 0.3) is 21.9 Å². The Morgan fingerprint density at radius 1 is 0.812 bits per heavy atom. The first-order valence-electron chi connectivity index (χ1n) is 20.8. The van der Waals surface area contributed by atoms with Gasteiger partial charge in [0.15, 0.2) is 23.8 Å². The highest BCUT2D eigenvalue weighted by molar-refractivity contribution is 5.85. The zero-order valence-electron chi connectivity index (χ0n) is 36.1. The number of benzene rings is 5. The summed E-state index contributed by atoms with van der Waals surface area (Å²) in [6.07, 6.45) is -3.19. The maximum Gasteiger partial charge on any atom is 0.408 e. The number of carbonyl (C=O) groups excluding carboxylic acids is 2. The molecule has 3 heterocycles. The van der Waals surface area contributed by atoms with E-state index in [9.17, 15) is 14.7 Å². The van der Waals surface area contributed by atoms with Gasteiger partial charge in [-0.2, -0.15) is 0 Å². The smallest absolute Gasteiger partial charge is 0.408 e. The lowest BCUT2D eigenvalue weighted by Crippen LogP contribution is -2.48. The van der Waals surface area contributed by atoms with Gasteiger partial charge in [-0.15, -0.1) is 0 Å². The maximum absolute atomic E-state index is 14.5. The average molecular weight is 867 g/mol. The number of nitrogen functional groups attached to an aromatic ring is 1. The molecule has 0 unspecified atom stereocenters. The standard InChI is InChI=1S/C49H50N6O9/c1-48(2,3)64-47(58)54-38(26-30-15-16-31-11-9-10-12-32(31)25-30)46(57)63-42-41(56)39(62-45(42)55-29-53-40-43(50)51-28-52-44(40)55)27-61-49(33-13-7-6-8-14-33,34-17-21-36(59-4)22-18-34)35-19-23-37(60-5)24-20-35/h6-25,28-29,38-39,41-42,45,56H,26-27H2,1-5H3,(H,54,58)(H2,50,51,52)/t38-,39+,41+,42+,45+/m0/s1. The summed E-state index contributed by atoms with van der Waals surface area (Å²) in [7, 11) is 3.20. The Labute approximate surface area is 370 Å². The van der Waals surface area contributed by atoms with E-state index < -0.39 is 53.8 Å². The highest BCUT2D eigenvalue weighted by atomic mass is 16.6. The number of esters is 1. The largest absolute Gasteiger partial charge is 0.497 e. The van der Waals surface area contributed by atoms with Gasteiger partial charge in [-0.25, -0.2) is 24.5 Å². The number of fused-ring (bicyclic) bond motifs is 2. The number of nitrogens with two attached hydrogens (primary N) is 1. The minimum absolute atomic E-state index is 0.0465. The highest BCUT2D eigenvalue weighted by Gasteiger charge is 2.50. The van der Waals surface area contributed by atoms with E-state index in [1.54, 1.807) is 35.0 Å². The molecule has 15 heteroatoms. The normalized spacial score (nSPS) is 18.1. The number of aliphatic hydroxyl groups excluding tert-OH is 1. The molecule has 0 saturated carbocycles. The van der Waals surface area contributed by atoms with Crippen LogP contribution in [0, 0.1) is 0 Å². The third kappa shape index (κ3) is 9.04. The fourth-order valence-electron chi connectivity index (χ4n) is 8.01. The number of carbonyl (C=O) groups is 2. The Balaban J connectivity index is 1.16. The van der Waals surface area contributed by atoms with Crippen LogP contribution in [0.1, 0.15) is 49.3 Å². The number of hydrogen-bond donors (Lipinski definition) is 3. The Morgan fingerprint density at radius 2 is 1.44 bits per heavy atom. The number of aliphatic hydroxyl groups is 1. The Morgan fingerprint density at radius 3 is 2.08 bits per heavy atom. The van der Waals surface area contributed by atoms with Crippen molar-refractivity contribution >= 4 is 39.8 Å². The van der Waals surface area contributed by atoms with Crippen molar-refractivity contribution in [1.82, 2.24) is 24.8 Å². The molecule has 8 rings (SSSR count). The van der Waals surface area contributed by atoms with Gasteiger partial charge in [0.05, 0.1) is 27.2 Å². The lowest BCUT2D eigenvalue weighted by atomic mass is 9.80. The third-order valence-electron chi connectivity index (χ3n) is 11.1. The zero-order valence-corrected chi connectivity index (χ0v) is 36.1. The molecule has 1 aliphatic rings. The Bertz CT molecular complexity index is 2680. The van der Waals surface area contributed by atoms with Crippen molar-refractivity contribution in [2.45, 2.75) is 69.0 Å². The van der Waals surface area contributed by atoms with Gasteiger partial charge < -0.3 is 44.6 Å². The molecule has 64 heavy (non-hydrogen) atoms. The van der Waals surface area contributed by atoms with Crippen molar-refractivity contribution in [2.75, 3.05) is 26.6 Å². The van der Waals surface area contributed by atoms with Crippen molar-refractivity contribution in [3.05, 3.63) is 156 Å². The predicted molar refractivity (Wildman–Crippen MR) is 239 cm³/mol. The second-order valence-electron chi connectivity index (χ2n) is 16.4. The summed E-state index contributed by atoms with van der Waals surface area (Å²) >= 11 is 0. The fraction of sp³-hybridized carbons (Fsp3) is 0.286. The molecule has 330 valence electrons. The maximum atomic E-state index is 14.5. The van der Waals surface area contributed by atoms with Gasteiger partial charge in [0, 0.05) is 6.42 Å². The summed E-state index contributed by atoms with van der Waals surface area (Å²) in [4.78, 5) is 40.7. The van der Waals surface area contributed by atoms with Gasteiger partial charge in [-0.3, -0.25) is 4.57 Å². The van der Waals surface area contributed by atoms with E-state index in [0.717, 1.165) is 33.0 Å². The molecule has 0 spiro atoms. The quantitative estimate of drug-likeness (QED) is 0.0757. The number of anilines is 1. The third-order valence-corrected chi connectivity index (χ3v) is 11.1. The zero-order chi connectivity index (χ0) is 45.0. The number of hydrogen-bond acceptors (Lipinski definition) is 13. The number of methoxy groups -OCH3 is 2. The molecule has 0 radical (unpaired) electrons. The minimum Gasteiger partial charge on any atom is -0.497 e. The van der Waals surface area contributed by atoms with E-state index in [1.165, 1.54) is 17.2 Å². The van der Waals surface area contributed by atoms with Crippen molar-refractivity contribution in [3.63, 3.8) is 0 Å². The second-order valence-corrected chi connectivity index (χ2v) is 16.4. The first-order valence-corrected chi connectivity index (χ1v) is 20.8. The summed E-state index contributed by atoms with van der Waals surface area (Å²) < 4.78 is 38.2. The van der Waals surface area contributed by atoms with Crippen molar-refractivity contribution in [2.24, 2.45) is 0 Å². The molecule has 4 N–H and O–H groups in total. The molecule has 0 bridgehead atoms. The minimum atomic E-state index is -1.48. The van der Waals surface area contributed by atoms with Gasteiger partial charge in [-0.05, 0) is 78.1 Å². The van der Waals surface area contributed by atoms with E-state index in [4.69, 9.17) is 34.2 Å². The van der Waals surface area contributed by atoms with Crippen LogP contribution in [-0.4, -0.2) is 87.5 Å². The SMILES string of the molecule is COc1ccc(C(OC[C@H]2O[C@@H](n3cnc4c(N)ncnc43)[C@H](OC(=O)[C@H](Cc3ccc4ccccc4c3)NC(=O)OC(C)(C)C)[C@@H]2O)(c2ccccc2)c2ccc(OC)cc2)cc1. The van der Waals surface area contributed by atoms with Crippen molar-refractivity contribution in [3.8, 4) is 11.5 Å². The fourth-order valence-corrected chi connectivity index (χ4v) is 8.01. The average Bonchev–Trinajstić information content (AvgIpc) is 3.87. The van der Waals surface area contributed by atoms with E-state index in [-0.39, 0.29) is 30.0 Å². The molecule has 5 atom stereocenters. The number of nitrogens with one attached hydrogen (secondary N) is 1. The van der Waals surface area contributed by atoms with Crippen molar-refractivity contribution < 1.29 is 43.1 Å². The molecule has 15 nitrogen and oxygen atoms in total. The van der Waals surface area contributed by atoms with Crippen LogP contribution >= 0.6 is 0 Å². The monoisotopic (exact) mass is 866 g/mol. The number of ether oxygens (including phenoxy) is 6. The van der Waals surface area contributed by atoms with E-state index in [1.807, 2.05) is 121 Å². The molecule has 1 saturated heterocycles. The van der Waals surface area contributed by atoms with Gasteiger partial charge in [-0.1, -0.05) is 97.1 Å². The molecule has 7 aromatic rings. The molecule has 1 aliphatic heterocycles. The van der Waals surface area contributed by atoms with Crippen LogP contribution in [0.15, 0.2) is 134 Å². The van der Waals surface area contributed by atoms with Crippen LogP contribution < -0.4 is 20.5 Å². The Kier molecular flexibility index (Phi) is 12.5. The topological polar surface area (TPSA) is 191 Å². The van der Waals surface area contributed by atoms with Crippen molar-refractivity contribution in [1.29, 1.82) is 0 Å². The number of rotatable bonds is 14. The van der Waals surface area contributed by atoms with Crippen LogP contribution in [0.3, 0.4) is 0 Å². The first-order chi connectivity index (χ1) is 30.9. The molecular weight excluding hydrogens is 817 g/mol. The second kappa shape index (κ2) is 18.3. The summed E-state index contributed by atoms with van der Waals surface area (Å²) in [6, 6.07) is 37.1. The van der Waals surface area contributed by atoms with Crippen LogP contribution in [0.2, 0.25) is 0 Å². The van der Waals surface area contributed by atoms with E-state index in [2.05, 4.69) is 20.3 Å². The summed E-state index contributed by atoms with van der Waals surface area (Å²) in [6.45, 7) is 4.97. The molecule has 1 fully saturated rings. The predicted octanol–water partition coefficient (Wildman–Crippen LogP) is 6.89. The van der Waals surface area contributed by atoms with Crippen LogP contribution in [-0.2, 0) is 35.8 Å². The van der Waals surface area contributed by atoms with Gasteiger partial charge >= 0.3 is 12.1 Å². The molecule has 0 aliphatic carbocycles. The van der Waals surface area contributed by atoms with Gasteiger partial charge in [0.2, 0.25) is 0 Å². The summed E-state index contributed by atoms with van der Waals surface area (Å²) in [5, 5.41) is 17.0. The van der Waals surface area contributed by atoms with Gasteiger partial charge in [0.25, 0.3) is 0 Å². The van der Waals surface area contributed by atoms with Crippen LogP contribution in [0.5, 0.6) is 11.5 Å². The number of alkyl carbamates (subject to hydrolysis) is 1. The molecular formula is C49H50N6O9. The first kappa shape index (κ1) is 43.6. The number of aromatic nitrogens is 4. The molecule has 1 amide bonds. The number of imidazole rings is 1. The lowest BCUT2D eigenvalue weighted by Gasteiger charge is -2.37. The Hall–Kier alpha value is -7.07. The summed E-state index contributed by atoms with van der Waals surface area (Å²) in [5.41, 5.74) is 7.69. The number of amides is 1. The molecule has 5 aromatic carbocycles. The van der Waals surface area contributed by atoms with E-state index in [0.29, 0.717) is 11.5 Å². The van der Waals surface area contributed by atoms with Gasteiger partial charge in [0.1, 0.15) is 52.8 Å². The van der Waals surface area contributed by atoms with Crippen LogP contribution in [0.4, 0.5) is 10.6 Å².